The summed E-state index contributed by atoms with van der Waals surface area (Å²) in [6.07, 6.45) is 2.58. The van der Waals surface area contributed by atoms with E-state index in [-0.39, 0.29) is 17.9 Å². The van der Waals surface area contributed by atoms with Crippen molar-refractivity contribution < 1.29 is 19.4 Å². The van der Waals surface area contributed by atoms with Crippen LogP contribution in [-0.2, 0) is 14.3 Å². The van der Waals surface area contributed by atoms with E-state index in [0.29, 0.717) is 0 Å². The molecule has 1 amide bonds. The first kappa shape index (κ1) is 13.0. The Bertz CT molecular complexity index is 271. The Morgan fingerprint density at radius 2 is 2.00 bits per heavy atom. The molecule has 1 aliphatic carbocycles. The van der Waals surface area contributed by atoms with E-state index < -0.39 is 12.1 Å². The molecule has 0 aromatic heterocycles. The molecular weight excluding hydrogens is 210 g/mol. The highest BCUT2D eigenvalue weighted by Gasteiger charge is 2.36. The van der Waals surface area contributed by atoms with Crippen LogP contribution in [0.1, 0.15) is 32.6 Å². The first-order valence-electron chi connectivity index (χ1n) is 5.54. The first-order valence-corrected chi connectivity index (χ1v) is 5.54. The molecule has 1 atom stereocenters. The van der Waals surface area contributed by atoms with Crippen LogP contribution in [0.4, 0.5) is 0 Å². The fraction of sp³-hybridized carbons (Fsp3) is 0.818. The van der Waals surface area contributed by atoms with Crippen LogP contribution in [-0.4, -0.2) is 36.7 Å². The Kier molecular flexibility index (Phi) is 4.29. The van der Waals surface area contributed by atoms with Gasteiger partial charge in [-0.2, -0.15) is 0 Å². The lowest BCUT2D eigenvalue weighted by molar-refractivity contribution is -0.150. The van der Waals surface area contributed by atoms with Gasteiger partial charge in [0.2, 0.25) is 5.91 Å². The molecule has 1 aliphatic rings. The number of rotatable bonds is 4. The van der Waals surface area contributed by atoms with Gasteiger partial charge < -0.3 is 15.2 Å². The van der Waals surface area contributed by atoms with Gasteiger partial charge in [-0.15, -0.1) is 0 Å². The molecule has 0 spiro atoms. The average molecular weight is 229 g/mol. The van der Waals surface area contributed by atoms with Crippen molar-refractivity contribution in [2.75, 3.05) is 13.7 Å². The Hall–Kier alpha value is -1.10. The summed E-state index contributed by atoms with van der Waals surface area (Å²) in [5, 5.41) is 11.9. The molecule has 1 rings (SSSR count). The van der Waals surface area contributed by atoms with Crippen LogP contribution in [0, 0.1) is 5.41 Å². The molecule has 0 aromatic carbocycles. The number of hydrogen-bond donors (Lipinski definition) is 2. The van der Waals surface area contributed by atoms with Gasteiger partial charge in [0.25, 0.3) is 0 Å². The fourth-order valence-corrected chi connectivity index (χ4v) is 2.00. The van der Waals surface area contributed by atoms with Gasteiger partial charge in [0.1, 0.15) is 0 Å². The maximum Gasteiger partial charge on any atom is 0.336 e. The number of carbonyl (C=O) groups excluding carboxylic acids is 2. The van der Waals surface area contributed by atoms with E-state index in [0.717, 1.165) is 25.7 Å². The largest absolute Gasteiger partial charge is 0.467 e. The minimum absolute atomic E-state index is 0.0822. The van der Waals surface area contributed by atoms with E-state index in [2.05, 4.69) is 10.1 Å². The third kappa shape index (κ3) is 2.95. The smallest absolute Gasteiger partial charge is 0.336 e. The Morgan fingerprint density at radius 3 is 2.50 bits per heavy atom. The summed E-state index contributed by atoms with van der Waals surface area (Å²) in [4.78, 5) is 22.7. The van der Waals surface area contributed by atoms with E-state index in [9.17, 15) is 14.7 Å². The second kappa shape index (κ2) is 5.30. The molecule has 1 fully saturated rings. The quantitative estimate of drug-likeness (QED) is 0.676. The van der Waals surface area contributed by atoms with Crippen molar-refractivity contribution >= 4 is 11.9 Å². The SMILES string of the molecule is COC(=O)C(O)CNC(=O)C1(C)CCCC1. The van der Waals surface area contributed by atoms with Crippen molar-refractivity contribution in [2.45, 2.75) is 38.7 Å². The van der Waals surface area contributed by atoms with Gasteiger partial charge in [0.05, 0.1) is 13.7 Å². The van der Waals surface area contributed by atoms with Gasteiger partial charge >= 0.3 is 5.97 Å². The van der Waals surface area contributed by atoms with E-state index in [1.807, 2.05) is 6.92 Å². The summed E-state index contributed by atoms with van der Waals surface area (Å²) in [5.74, 6) is -0.815. The third-order valence-electron chi connectivity index (χ3n) is 3.18. The lowest BCUT2D eigenvalue weighted by Gasteiger charge is -2.22. The van der Waals surface area contributed by atoms with Crippen LogP contribution < -0.4 is 5.32 Å². The first-order chi connectivity index (χ1) is 7.49. The normalized spacial score (nSPS) is 20.2. The Labute approximate surface area is 95.2 Å². The highest BCUT2D eigenvalue weighted by molar-refractivity contribution is 5.83. The Morgan fingerprint density at radius 1 is 1.44 bits per heavy atom. The minimum Gasteiger partial charge on any atom is -0.467 e. The molecule has 0 heterocycles. The van der Waals surface area contributed by atoms with E-state index >= 15 is 0 Å². The van der Waals surface area contributed by atoms with Crippen molar-refractivity contribution in [1.29, 1.82) is 0 Å². The number of methoxy groups -OCH3 is 1. The van der Waals surface area contributed by atoms with Crippen molar-refractivity contribution in [3.8, 4) is 0 Å². The fourth-order valence-electron chi connectivity index (χ4n) is 2.00. The monoisotopic (exact) mass is 229 g/mol. The van der Waals surface area contributed by atoms with Gasteiger partial charge in [0, 0.05) is 5.41 Å². The average Bonchev–Trinajstić information content (AvgIpc) is 2.72. The Balaban J connectivity index is 2.37. The number of aliphatic hydroxyl groups excluding tert-OH is 1. The molecule has 1 unspecified atom stereocenters. The lowest BCUT2D eigenvalue weighted by Crippen LogP contribution is -2.43. The maximum absolute atomic E-state index is 11.8. The zero-order valence-electron chi connectivity index (χ0n) is 9.78. The van der Waals surface area contributed by atoms with Crippen molar-refractivity contribution in [3.05, 3.63) is 0 Å². The number of carbonyl (C=O) groups is 2. The molecule has 2 N–H and O–H groups in total. The van der Waals surface area contributed by atoms with Crippen molar-refractivity contribution in [3.63, 3.8) is 0 Å². The predicted octanol–water partition coefficient (Wildman–Crippen LogP) is 0.217. The number of ether oxygens (including phenoxy) is 1. The second-order valence-electron chi connectivity index (χ2n) is 4.52. The molecule has 0 bridgehead atoms. The summed E-state index contributed by atoms with van der Waals surface area (Å²) < 4.78 is 4.35. The number of esters is 1. The molecule has 5 heteroatoms. The maximum atomic E-state index is 11.8. The van der Waals surface area contributed by atoms with Gasteiger partial charge in [0.15, 0.2) is 6.10 Å². The molecule has 16 heavy (non-hydrogen) atoms. The van der Waals surface area contributed by atoms with Crippen LogP contribution in [0.15, 0.2) is 0 Å². The standard InChI is InChI=1S/C11H19NO4/c1-11(5-3-4-6-11)10(15)12-7-8(13)9(14)16-2/h8,13H,3-7H2,1-2H3,(H,12,15). The van der Waals surface area contributed by atoms with Crippen LogP contribution in [0.3, 0.4) is 0 Å². The summed E-state index contributed by atoms with van der Waals surface area (Å²) in [6.45, 7) is 1.83. The zero-order valence-corrected chi connectivity index (χ0v) is 9.78. The highest BCUT2D eigenvalue weighted by atomic mass is 16.5. The molecule has 0 aromatic rings. The molecule has 0 radical (unpaired) electrons. The lowest BCUT2D eigenvalue weighted by atomic mass is 9.88. The summed E-state index contributed by atoms with van der Waals surface area (Å²) in [6, 6.07) is 0. The minimum atomic E-state index is -1.28. The van der Waals surface area contributed by atoms with E-state index in [1.165, 1.54) is 7.11 Å². The van der Waals surface area contributed by atoms with Crippen LogP contribution in [0.5, 0.6) is 0 Å². The number of aliphatic hydroxyl groups is 1. The zero-order chi connectivity index (χ0) is 12.2. The van der Waals surface area contributed by atoms with Crippen LogP contribution >= 0.6 is 0 Å². The second-order valence-corrected chi connectivity index (χ2v) is 4.52. The third-order valence-corrected chi connectivity index (χ3v) is 3.18. The molecule has 5 nitrogen and oxygen atoms in total. The van der Waals surface area contributed by atoms with E-state index in [1.54, 1.807) is 0 Å². The molecule has 0 aliphatic heterocycles. The predicted molar refractivity (Wildman–Crippen MR) is 57.6 cm³/mol. The van der Waals surface area contributed by atoms with E-state index in [4.69, 9.17) is 0 Å². The van der Waals surface area contributed by atoms with Crippen molar-refractivity contribution in [2.24, 2.45) is 5.41 Å². The van der Waals surface area contributed by atoms with Gasteiger partial charge in [-0.25, -0.2) is 4.79 Å². The van der Waals surface area contributed by atoms with Gasteiger partial charge in [-0.1, -0.05) is 19.8 Å². The highest BCUT2D eigenvalue weighted by Crippen LogP contribution is 2.37. The van der Waals surface area contributed by atoms with Gasteiger partial charge in [-0.05, 0) is 12.8 Å². The van der Waals surface area contributed by atoms with Crippen LogP contribution in [0.25, 0.3) is 0 Å². The molecule has 0 saturated heterocycles. The molecular formula is C11H19NO4. The number of hydrogen-bond acceptors (Lipinski definition) is 4. The van der Waals surface area contributed by atoms with Gasteiger partial charge in [-0.3, -0.25) is 4.79 Å². The molecule has 1 saturated carbocycles. The van der Waals surface area contributed by atoms with Crippen molar-refractivity contribution in [1.82, 2.24) is 5.32 Å². The molecule has 92 valence electrons. The summed E-state index contributed by atoms with van der Waals surface area (Å²) >= 11 is 0. The number of amides is 1. The summed E-state index contributed by atoms with van der Waals surface area (Å²) in [7, 11) is 1.20. The topological polar surface area (TPSA) is 75.6 Å². The number of nitrogens with one attached hydrogen (secondary N) is 1. The van der Waals surface area contributed by atoms with Crippen LogP contribution in [0.2, 0.25) is 0 Å². The summed E-state index contributed by atoms with van der Waals surface area (Å²) in [5.41, 5.74) is -0.337.